The Morgan fingerprint density at radius 1 is 1.40 bits per heavy atom. The second kappa shape index (κ2) is 7.72. The van der Waals surface area contributed by atoms with Crippen molar-refractivity contribution >= 4 is 11.9 Å². The lowest BCUT2D eigenvalue weighted by Crippen LogP contribution is -2.40. The molecule has 10 nitrogen and oxygen atoms in total. The van der Waals surface area contributed by atoms with Crippen LogP contribution in [0.15, 0.2) is 30.5 Å². The Bertz CT molecular complexity index is 920. The third-order valence-corrected chi connectivity index (χ3v) is 4.15. The van der Waals surface area contributed by atoms with Gasteiger partial charge in [-0.3, -0.25) is 4.57 Å². The molecule has 30 heavy (non-hydrogen) atoms. The smallest absolute Gasteiger partial charge is 0.445 e. The fourth-order valence-electron chi connectivity index (χ4n) is 2.82. The Labute approximate surface area is 167 Å². The van der Waals surface area contributed by atoms with Gasteiger partial charge in [-0.15, -0.1) is 13.2 Å². The molecular weight excluding hydrogens is 413 g/mol. The fourth-order valence-corrected chi connectivity index (χ4v) is 2.82. The number of nitro groups is 1. The minimum atomic E-state index is -4.78. The number of fused-ring (bicyclic) bond motifs is 1. The summed E-state index contributed by atoms with van der Waals surface area (Å²) in [6, 6.07) is 5.16. The normalized spacial score (nSPS) is 17.8. The van der Waals surface area contributed by atoms with Crippen LogP contribution < -0.4 is 9.47 Å². The Morgan fingerprint density at radius 2 is 2.07 bits per heavy atom. The number of hydrogen-bond acceptors (Lipinski definition) is 7. The number of hydrogen-bond donors (Lipinski definition) is 0. The first kappa shape index (κ1) is 21.2. The van der Waals surface area contributed by atoms with E-state index in [1.54, 1.807) is 6.92 Å². The van der Waals surface area contributed by atoms with Crippen molar-refractivity contribution in [3.8, 4) is 11.8 Å². The van der Waals surface area contributed by atoms with Crippen molar-refractivity contribution in [2.24, 2.45) is 0 Å². The molecule has 0 radical (unpaired) electrons. The number of halogens is 3. The Kier molecular flexibility index (Phi) is 5.46. The van der Waals surface area contributed by atoms with Gasteiger partial charge in [-0.25, -0.2) is 4.79 Å². The number of alkyl halides is 3. The van der Waals surface area contributed by atoms with Gasteiger partial charge in [-0.05, 0) is 29.5 Å². The molecule has 0 N–H and O–H groups in total. The number of nitrogens with zero attached hydrogens (tertiary/aromatic N) is 4. The average Bonchev–Trinajstić information content (AvgIpc) is 3.15. The number of imidazole rings is 1. The number of rotatable bonds is 6. The first-order valence-electron chi connectivity index (χ1n) is 8.57. The van der Waals surface area contributed by atoms with E-state index in [1.165, 1.54) is 34.8 Å². The van der Waals surface area contributed by atoms with Crippen LogP contribution >= 0.6 is 0 Å². The molecule has 13 heteroatoms. The molecule has 0 unspecified atom stereocenters. The van der Waals surface area contributed by atoms with Crippen LogP contribution in [0.2, 0.25) is 0 Å². The van der Waals surface area contributed by atoms with Gasteiger partial charge >= 0.3 is 24.3 Å². The Balaban J connectivity index is 1.50. The van der Waals surface area contributed by atoms with Crippen LogP contribution in [0.5, 0.6) is 11.8 Å². The third-order valence-electron chi connectivity index (χ3n) is 4.15. The largest absolute Gasteiger partial charge is 0.573 e. The average molecular weight is 430 g/mol. The maximum atomic E-state index is 12.2. The predicted molar refractivity (Wildman–Crippen MR) is 93.9 cm³/mol. The number of carbonyl (C=O) groups is 1. The topological polar surface area (TPSA) is 109 Å². The second-order valence-electron chi connectivity index (χ2n) is 6.92. The molecule has 1 atom stereocenters. The van der Waals surface area contributed by atoms with Gasteiger partial charge < -0.3 is 29.2 Å². The van der Waals surface area contributed by atoms with Gasteiger partial charge in [-0.2, -0.15) is 0 Å². The van der Waals surface area contributed by atoms with Crippen LogP contribution in [-0.2, 0) is 17.8 Å². The zero-order valence-electron chi connectivity index (χ0n) is 15.9. The SMILES string of the molecule is CN(Cc1ccc(OC(F)(F)F)cc1)C(=O)OC[C@]1(C)Cn2cc([N+](=O)[O-])nc2O1. The van der Waals surface area contributed by atoms with Crippen molar-refractivity contribution < 1.29 is 37.1 Å². The molecule has 2 heterocycles. The molecule has 1 aromatic heterocycles. The summed E-state index contributed by atoms with van der Waals surface area (Å²) >= 11 is 0. The lowest BCUT2D eigenvalue weighted by atomic mass is 10.1. The van der Waals surface area contributed by atoms with Gasteiger partial charge in [-0.1, -0.05) is 12.1 Å². The van der Waals surface area contributed by atoms with Gasteiger partial charge in [0, 0.05) is 18.6 Å². The van der Waals surface area contributed by atoms with Crippen LogP contribution in [-0.4, -0.2) is 51.1 Å². The number of ether oxygens (including phenoxy) is 3. The van der Waals surface area contributed by atoms with Crippen LogP contribution in [0.4, 0.5) is 23.8 Å². The van der Waals surface area contributed by atoms with Crippen molar-refractivity contribution in [2.45, 2.75) is 32.0 Å². The highest BCUT2D eigenvalue weighted by atomic mass is 19.4. The predicted octanol–water partition coefficient (Wildman–Crippen LogP) is 3.11. The second-order valence-corrected chi connectivity index (χ2v) is 6.92. The van der Waals surface area contributed by atoms with Gasteiger partial charge in [0.15, 0.2) is 5.60 Å². The van der Waals surface area contributed by atoms with Crippen molar-refractivity contribution in [1.29, 1.82) is 0 Å². The van der Waals surface area contributed by atoms with E-state index in [2.05, 4.69) is 9.72 Å². The van der Waals surface area contributed by atoms with Crippen molar-refractivity contribution in [3.63, 3.8) is 0 Å². The summed E-state index contributed by atoms with van der Waals surface area (Å²) in [5, 5.41) is 10.7. The number of benzene rings is 1. The zero-order chi connectivity index (χ0) is 22.1. The van der Waals surface area contributed by atoms with E-state index >= 15 is 0 Å². The molecule has 162 valence electrons. The summed E-state index contributed by atoms with van der Waals surface area (Å²) in [6.07, 6.45) is -4.21. The standard InChI is InChI=1S/C17H17F3N4O6/c1-16(9-23-8-13(24(26)27)21-14(23)30-16)10-28-15(25)22(2)7-11-3-5-12(6-4-11)29-17(18,19)20/h3-6,8H,7,9-10H2,1-2H3/t16-/m0/s1. The van der Waals surface area contributed by atoms with Crippen LogP contribution in [0.1, 0.15) is 12.5 Å². The summed E-state index contributed by atoms with van der Waals surface area (Å²) in [5.41, 5.74) is -0.371. The Morgan fingerprint density at radius 3 is 2.63 bits per heavy atom. The number of amides is 1. The lowest BCUT2D eigenvalue weighted by molar-refractivity contribution is -0.389. The first-order chi connectivity index (χ1) is 13.9. The summed E-state index contributed by atoms with van der Waals surface area (Å²) in [5.74, 6) is -0.698. The maximum Gasteiger partial charge on any atom is 0.573 e. The van der Waals surface area contributed by atoms with Crippen molar-refractivity contribution in [1.82, 2.24) is 14.5 Å². The first-order valence-corrected chi connectivity index (χ1v) is 8.57. The Hall–Kier alpha value is -3.51. The van der Waals surface area contributed by atoms with Crippen molar-refractivity contribution in [3.05, 3.63) is 46.1 Å². The van der Waals surface area contributed by atoms with Crippen LogP contribution in [0.25, 0.3) is 0 Å². The molecule has 0 aliphatic carbocycles. The lowest BCUT2D eigenvalue weighted by Gasteiger charge is -2.24. The molecule has 1 amide bonds. The minimum Gasteiger partial charge on any atom is -0.445 e. The molecule has 3 rings (SSSR count). The summed E-state index contributed by atoms with van der Waals surface area (Å²) < 4.78 is 52.6. The van der Waals surface area contributed by atoms with E-state index < -0.39 is 23.0 Å². The van der Waals surface area contributed by atoms with Crippen LogP contribution in [0.3, 0.4) is 0 Å². The number of carbonyl (C=O) groups excluding carboxylic acids is 1. The van der Waals surface area contributed by atoms with Gasteiger partial charge in [0.25, 0.3) is 0 Å². The molecule has 2 aromatic rings. The molecule has 0 spiro atoms. The maximum absolute atomic E-state index is 12.2. The van der Waals surface area contributed by atoms with E-state index in [4.69, 9.17) is 9.47 Å². The van der Waals surface area contributed by atoms with E-state index in [1.807, 2.05) is 0 Å². The van der Waals surface area contributed by atoms with E-state index in [-0.39, 0.29) is 37.3 Å². The highest BCUT2D eigenvalue weighted by Crippen LogP contribution is 2.31. The highest BCUT2D eigenvalue weighted by molar-refractivity contribution is 5.67. The monoisotopic (exact) mass is 430 g/mol. The molecule has 1 aromatic carbocycles. The molecule has 0 saturated heterocycles. The molecule has 0 saturated carbocycles. The third kappa shape index (κ3) is 5.10. The molecule has 0 bridgehead atoms. The number of aromatic nitrogens is 2. The van der Waals surface area contributed by atoms with E-state index in [0.717, 1.165) is 12.1 Å². The van der Waals surface area contributed by atoms with E-state index in [0.29, 0.717) is 5.56 Å². The summed E-state index contributed by atoms with van der Waals surface area (Å²) in [6.45, 7) is 1.84. The van der Waals surface area contributed by atoms with E-state index in [9.17, 15) is 28.1 Å². The van der Waals surface area contributed by atoms with Gasteiger partial charge in [0.1, 0.15) is 18.6 Å². The quantitative estimate of drug-likeness (QED) is 0.512. The van der Waals surface area contributed by atoms with Gasteiger partial charge in [0.05, 0.1) is 6.54 Å². The minimum absolute atomic E-state index is 0.0646. The molecule has 1 aliphatic heterocycles. The van der Waals surface area contributed by atoms with Crippen molar-refractivity contribution in [2.75, 3.05) is 13.7 Å². The summed E-state index contributed by atoms with van der Waals surface area (Å²) in [7, 11) is 1.47. The van der Waals surface area contributed by atoms with Crippen LogP contribution in [0, 0.1) is 10.1 Å². The fraction of sp³-hybridized carbons (Fsp3) is 0.412. The highest BCUT2D eigenvalue weighted by Gasteiger charge is 2.41. The molecule has 0 fully saturated rings. The summed E-state index contributed by atoms with van der Waals surface area (Å²) in [4.78, 5) is 27.3. The zero-order valence-corrected chi connectivity index (χ0v) is 15.9. The molecular formula is C17H17F3N4O6. The molecule has 1 aliphatic rings. The van der Waals surface area contributed by atoms with Gasteiger partial charge in [0.2, 0.25) is 0 Å².